The summed E-state index contributed by atoms with van der Waals surface area (Å²) in [6, 6.07) is 6.41. The number of aryl methyl sites for hydroxylation is 1. The molecule has 0 radical (unpaired) electrons. The number of anilines is 1. The van der Waals surface area contributed by atoms with Gasteiger partial charge in [-0.3, -0.25) is 19.2 Å². The van der Waals surface area contributed by atoms with E-state index in [2.05, 4.69) is 15.4 Å². The summed E-state index contributed by atoms with van der Waals surface area (Å²) in [6.45, 7) is 8.72. The second-order valence-corrected chi connectivity index (χ2v) is 15.5. The minimum absolute atomic E-state index is 0.0517. The van der Waals surface area contributed by atoms with Gasteiger partial charge < -0.3 is 39.4 Å². The molecule has 57 heavy (non-hydrogen) atoms. The van der Waals surface area contributed by atoms with Crippen LogP contribution < -0.4 is 5.32 Å². The molecule has 3 amide bonds. The van der Waals surface area contributed by atoms with Crippen LogP contribution in [0, 0.1) is 18.6 Å². The summed E-state index contributed by atoms with van der Waals surface area (Å²) in [5.41, 5.74) is 1.02. The molecule has 0 spiro atoms. The monoisotopic (exact) mass is 812 g/mol. The smallest absolute Gasteiger partial charge is 0.411 e. The van der Waals surface area contributed by atoms with Crippen LogP contribution in [0.1, 0.15) is 55.3 Å². The van der Waals surface area contributed by atoms with E-state index in [1.807, 2.05) is 0 Å². The number of hydrogen-bond donors (Lipinski definition) is 3. The van der Waals surface area contributed by atoms with Crippen molar-refractivity contribution in [1.82, 2.24) is 34.0 Å². The average molecular weight is 813 g/mol. The Labute approximate surface area is 333 Å². The molecule has 6 rings (SSSR count). The van der Waals surface area contributed by atoms with E-state index in [4.69, 9.17) is 21.1 Å². The number of amides is 3. The van der Waals surface area contributed by atoms with Crippen molar-refractivity contribution in [2.75, 3.05) is 51.8 Å². The fraction of sp³-hybridized carbons (Fsp3) is 0.462. The average Bonchev–Trinajstić information content (AvgIpc) is 3.86. The molecule has 2 aliphatic rings. The number of methoxy groups -OCH3 is 1. The van der Waals surface area contributed by atoms with Gasteiger partial charge in [0.1, 0.15) is 11.6 Å². The highest BCUT2D eigenvalue weighted by atomic mass is 35.5. The van der Waals surface area contributed by atoms with E-state index in [-0.39, 0.29) is 78.3 Å². The van der Waals surface area contributed by atoms with Crippen LogP contribution in [0.25, 0.3) is 22.4 Å². The van der Waals surface area contributed by atoms with Gasteiger partial charge in [0, 0.05) is 75.5 Å². The summed E-state index contributed by atoms with van der Waals surface area (Å²) in [6.07, 6.45) is 0.130. The number of aromatic nitrogens is 4. The normalized spacial score (nSPS) is 17.9. The second kappa shape index (κ2) is 16.8. The first-order chi connectivity index (χ1) is 27.0. The number of halogens is 3. The summed E-state index contributed by atoms with van der Waals surface area (Å²) >= 11 is 6.56. The minimum atomic E-state index is -1.40. The van der Waals surface area contributed by atoms with Crippen molar-refractivity contribution in [3.8, 4) is 22.4 Å². The van der Waals surface area contributed by atoms with Crippen LogP contribution in [-0.4, -0.2) is 126 Å². The molecule has 3 atom stereocenters. The van der Waals surface area contributed by atoms with Crippen LogP contribution in [0.5, 0.6) is 0 Å². The van der Waals surface area contributed by atoms with Gasteiger partial charge in [0.15, 0.2) is 23.7 Å². The number of carbonyl (C=O) groups excluding carboxylic acids is 3. The van der Waals surface area contributed by atoms with Crippen LogP contribution in [0.4, 0.5) is 19.3 Å². The van der Waals surface area contributed by atoms with Crippen LogP contribution in [0.15, 0.2) is 42.7 Å². The third kappa shape index (κ3) is 8.76. The standard InChI is InChI=1S/C39H47ClF2N8O7/c1-22-27(21-49(45-22)17-18-56-6)24-9-10-26(32(42)31(24)41)29-20-43-34(46(29)5)35(52)44-23-7-8-25(28(40)19-23)36(53)47-13-15-48(16-14-47)37(54)33-30(51)11-12-50(33)38(55)57-39(2,3)4/h7-10,19-21,30,33,35,44,51-52H,11-18H2,1-6H3/t30-,33-,35?/m0/s1. The quantitative estimate of drug-likeness (QED) is 0.193. The second-order valence-electron chi connectivity index (χ2n) is 15.1. The zero-order valence-electron chi connectivity index (χ0n) is 32.6. The predicted molar refractivity (Wildman–Crippen MR) is 206 cm³/mol. The van der Waals surface area contributed by atoms with E-state index in [0.717, 1.165) is 0 Å². The number of carbonyl (C=O) groups is 3. The first-order valence-electron chi connectivity index (χ1n) is 18.5. The topological polar surface area (TPSA) is 168 Å². The highest BCUT2D eigenvalue weighted by Crippen LogP contribution is 2.34. The molecule has 3 N–H and O–H groups in total. The lowest BCUT2D eigenvalue weighted by Crippen LogP contribution is -2.57. The number of hydrogen-bond acceptors (Lipinski definition) is 10. The fourth-order valence-electron chi connectivity index (χ4n) is 7.05. The number of nitrogens with one attached hydrogen (secondary N) is 1. The summed E-state index contributed by atoms with van der Waals surface area (Å²) in [5.74, 6) is -2.79. The van der Waals surface area contributed by atoms with Gasteiger partial charge >= 0.3 is 6.09 Å². The Bertz CT molecular complexity index is 2150. The molecule has 2 aliphatic heterocycles. The lowest BCUT2D eigenvalue weighted by molar-refractivity contribution is -0.140. The van der Waals surface area contributed by atoms with Crippen molar-refractivity contribution in [3.05, 3.63) is 76.5 Å². The SMILES string of the molecule is COCCn1cc(-c2ccc(-c3cnc(C(O)Nc4ccc(C(=O)N5CCN(C(=O)[C@@H]6[C@@H](O)CCN6C(=O)OC(C)(C)C)CC5)c(Cl)c4)n3C)c(F)c2F)c(C)n1. The molecule has 2 aromatic heterocycles. The van der Waals surface area contributed by atoms with Gasteiger partial charge in [-0.1, -0.05) is 17.7 Å². The summed E-state index contributed by atoms with van der Waals surface area (Å²) in [7, 11) is 3.13. The van der Waals surface area contributed by atoms with Gasteiger partial charge in [-0.2, -0.15) is 5.10 Å². The van der Waals surface area contributed by atoms with E-state index in [0.29, 0.717) is 30.1 Å². The van der Waals surface area contributed by atoms with E-state index >= 15 is 8.78 Å². The van der Waals surface area contributed by atoms with Crippen molar-refractivity contribution >= 4 is 35.2 Å². The Morgan fingerprint density at radius 3 is 2.35 bits per heavy atom. The third-order valence-electron chi connectivity index (χ3n) is 10.0. The Hall–Kier alpha value is -5.10. The Kier molecular flexibility index (Phi) is 12.2. The molecular formula is C39H47ClF2N8O7. The minimum Gasteiger partial charge on any atom is -0.444 e. The number of likely N-dealkylation sites (tertiary alicyclic amines) is 1. The van der Waals surface area contributed by atoms with Crippen LogP contribution in [0.3, 0.4) is 0 Å². The number of ether oxygens (including phenoxy) is 2. The number of piperazine rings is 1. The Morgan fingerprint density at radius 1 is 1.02 bits per heavy atom. The molecule has 15 nitrogen and oxygen atoms in total. The molecule has 1 unspecified atom stereocenters. The lowest BCUT2D eigenvalue weighted by atomic mass is 10.0. The number of imidazole rings is 1. The molecule has 0 aliphatic carbocycles. The highest BCUT2D eigenvalue weighted by molar-refractivity contribution is 6.34. The number of nitrogens with zero attached hydrogens (tertiary/aromatic N) is 7. The third-order valence-corrected chi connectivity index (χ3v) is 10.3. The Morgan fingerprint density at radius 2 is 1.68 bits per heavy atom. The van der Waals surface area contributed by atoms with E-state index in [9.17, 15) is 24.6 Å². The maximum atomic E-state index is 15.6. The van der Waals surface area contributed by atoms with Crippen LogP contribution in [0.2, 0.25) is 5.02 Å². The first kappa shape index (κ1) is 41.5. The van der Waals surface area contributed by atoms with E-state index < -0.39 is 47.6 Å². The van der Waals surface area contributed by atoms with Crippen LogP contribution >= 0.6 is 11.6 Å². The summed E-state index contributed by atoms with van der Waals surface area (Å²) < 4.78 is 44.7. The highest BCUT2D eigenvalue weighted by Gasteiger charge is 2.45. The fourth-order valence-corrected chi connectivity index (χ4v) is 7.31. The lowest BCUT2D eigenvalue weighted by Gasteiger charge is -2.38. The summed E-state index contributed by atoms with van der Waals surface area (Å²) in [4.78, 5) is 48.3. The van der Waals surface area contributed by atoms with Gasteiger partial charge in [0.25, 0.3) is 5.91 Å². The van der Waals surface area contributed by atoms with Gasteiger partial charge in [-0.15, -0.1) is 0 Å². The molecule has 0 saturated carbocycles. The van der Waals surface area contributed by atoms with E-state index in [1.54, 1.807) is 63.7 Å². The van der Waals surface area contributed by atoms with Gasteiger partial charge in [-0.25, -0.2) is 18.6 Å². The number of benzene rings is 2. The molecule has 4 heterocycles. The first-order valence-corrected chi connectivity index (χ1v) is 18.9. The number of aliphatic hydroxyl groups is 2. The Balaban J connectivity index is 1.08. The van der Waals surface area contributed by atoms with Crippen molar-refractivity contribution in [2.24, 2.45) is 7.05 Å². The van der Waals surface area contributed by atoms with E-state index in [1.165, 1.54) is 44.8 Å². The van der Waals surface area contributed by atoms with Crippen LogP contribution in [-0.2, 0) is 27.9 Å². The zero-order chi connectivity index (χ0) is 41.3. The van der Waals surface area contributed by atoms with Gasteiger partial charge in [-0.05, 0) is 58.4 Å². The maximum absolute atomic E-state index is 15.6. The molecule has 2 saturated heterocycles. The van der Waals surface area contributed by atoms with Gasteiger partial charge in [0.2, 0.25) is 5.91 Å². The molecular weight excluding hydrogens is 766 g/mol. The molecule has 306 valence electrons. The molecule has 2 fully saturated rings. The van der Waals surface area contributed by atoms with Crippen molar-refractivity contribution in [3.63, 3.8) is 0 Å². The molecule has 18 heteroatoms. The number of aliphatic hydroxyl groups excluding tert-OH is 2. The largest absolute Gasteiger partial charge is 0.444 e. The summed E-state index contributed by atoms with van der Waals surface area (Å²) in [5, 5.41) is 29.0. The van der Waals surface area contributed by atoms with Gasteiger partial charge in [0.05, 0.1) is 47.4 Å². The van der Waals surface area contributed by atoms with Crippen molar-refractivity contribution in [2.45, 2.75) is 64.6 Å². The maximum Gasteiger partial charge on any atom is 0.411 e. The van der Waals surface area contributed by atoms with Crippen molar-refractivity contribution < 1.29 is 42.9 Å². The molecule has 4 aromatic rings. The number of rotatable bonds is 10. The molecule has 0 bridgehead atoms. The van der Waals surface area contributed by atoms with Crippen molar-refractivity contribution in [1.29, 1.82) is 0 Å². The zero-order valence-corrected chi connectivity index (χ0v) is 33.4. The molecule has 2 aromatic carbocycles. The predicted octanol–water partition coefficient (Wildman–Crippen LogP) is 4.59.